The third kappa shape index (κ3) is 5.73. The Morgan fingerprint density at radius 2 is 1.62 bits per heavy atom. The molecular formula is C20H33NO3. The number of para-hydroxylation sites is 1. The summed E-state index contributed by atoms with van der Waals surface area (Å²) in [5.74, 6) is 0.750. The van der Waals surface area contributed by atoms with Gasteiger partial charge in [-0.25, -0.2) is 4.79 Å². The minimum absolute atomic E-state index is 0.0201. The second-order valence-corrected chi connectivity index (χ2v) is 7.97. The molecule has 0 bridgehead atoms. The monoisotopic (exact) mass is 335 g/mol. The van der Waals surface area contributed by atoms with E-state index in [1.807, 2.05) is 52.0 Å². The standard InChI is InChI=1S/C20H33NO3/c1-14(2)21(15(3)4)19(22)24-18(13-20(5,6)7)16-11-9-10-12-17(16)23-8/h9-12,14-15,18H,13H2,1-8H3/t18-/m1/s1. The molecule has 1 amide bonds. The highest BCUT2D eigenvalue weighted by Crippen LogP contribution is 2.37. The van der Waals surface area contributed by atoms with Crippen LogP contribution in [0.15, 0.2) is 24.3 Å². The van der Waals surface area contributed by atoms with E-state index >= 15 is 0 Å². The van der Waals surface area contributed by atoms with Crippen molar-refractivity contribution in [1.29, 1.82) is 0 Å². The molecule has 0 unspecified atom stereocenters. The molecule has 0 radical (unpaired) electrons. The van der Waals surface area contributed by atoms with E-state index in [0.29, 0.717) is 0 Å². The lowest BCUT2D eigenvalue weighted by Crippen LogP contribution is -2.43. The molecule has 1 aromatic carbocycles. The summed E-state index contributed by atoms with van der Waals surface area (Å²) in [6.45, 7) is 14.4. The Morgan fingerprint density at radius 3 is 2.08 bits per heavy atom. The predicted octanol–water partition coefficient (Wildman–Crippen LogP) is 5.43. The van der Waals surface area contributed by atoms with Crippen LogP contribution in [0, 0.1) is 5.41 Å². The molecule has 0 fully saturated rings. The first kappa shape index (κ1) is 20.3. The number of ether oxygens (including phenoxy) is 2. The Hall–Kier alpha value is -1.71. The van der Waals surface area contributed by atoms with Gasteiger partial charge >= 0.3 is 6.09 Å². The minimum Gasteiger partial charge on any atom is -0.496 e. The summed E-state index contributed by atoms with van der Waals surface area (Å²) in [5.41, 5.74) is 0.933. The van der Waals surface area contributed by atoms with E-state index < -0.39 is 0 Å². The van der Waals surface area contributed by atoms with Gasteiger partial charge in [-0.2, -0.15) is 0 Å². The molecule has 0 aromatic heterocycles. The van der Waals surface area contributed by atoms with Crippen LogP contribution in [0.25, 0.3) is 0 Å². The van der Waals surface area contributed by atoms with Gasteiger partial charge in [0.1, 0.15) is 11.9 Å². The van der Waals surface area contributed by atoms with Gasteiger partial charge in [0.05, 0.1) is 7.11 Å². The van der Waals surface area contributed by atoms with Gasteiger partial charge in [0.25, 0.3) is 0 Å². The topological polar surface area (TPSA) is 38.8 Å². The zero-order valence-electron chi connectivity index (χ0n) is 16.4. The Labute approximate surface area is 147 Å². The van der Waals surface area contributed by atoms with E-state index in [4.69, 9.17) is 9.47 Å². The summed E-state index contributed by atoms with van der Waals surface area (Å²) in [6, 6.07) is 7.92. The highest BCUT2D eigenvalue weighted by Gasteiger charge is 2.29. The molecule has 4 nitrogen and oxygen atoms in total. The second-order valence-electron chi connectivity index (χ2n) is 7.97. The first-order valence-electron chi connectivity index (χ1n) is 8.68. The first-order chi connectivity index (χ1) is 11.1. The number of hydrogen-bond donors (Lipinski definition) is 0. The van der Waals surface area contributed by atoms with Crippen LogP contribution in [0.2, 0.25) is 0 Å². The zero-order valence-corrected chi connectivity index (χ0v) is 16.4. The fraction of sp³-hybridized carbons (Fsp3) is 0.650. The molecule has 24 heavy (non-hydrogen) atoms. The fourth-order valence-electron chi connectivity index (χ4n) is 2.90. The van der Waals surface area contributed by atoms with E-state index in [9.17, 15) is 4.79 Å². The van der Waals surface area contributed by atoms with Gasteiger partial charge in [-0.15, -0.1) is 0 Å². The number of amides is 1. The summed E-state index contributed by atoms with van der Waals surface area (Å²) in [4.78, 5) is 14.5. The van der Waals surface area contributed by atoms with Crippen molar-refractivity contribution in [1.82, 2.24) is 4.90 Å². The zero-order chi connectivity index (χ0) is 18.5. The quantitative estimate of drug-likeness (QED) is 0.696. The van der Waals surface area contributed by atoms with Gasteiger partial charge in [-0.1, -0.05) is 39.0 Å². The highest BCUT2D eigenvalue weighted by molar-refractivity contribution is 5.69. The first-order valence-corrected chi connectivity index (χ1v) is 8.68. The summed E-state index contributed by atoms with van der Waals surface area (Å²) in [7, 11) is 1.64. The van der Waals surface area contributed by atoms with Crippen LogP contribution in [-0.2, 0) is 4.74 Å². The van der Waals surface area contributed by atoms with Crippen LogP contribution in [0.4, 0.5) is 4.79 Å². The SMILES string of the molecule is COc1ccccc1[C@@H](CC(C)(C)C)OC(=O)N(C(C)C)C(C)C. The number of hydrogen-bond acceptors (Lipinski definition) is 3. The van der Waals surface area contributed by atoms with Gasteiger partial charge in [0, 0.05) is 17.6 Å². The van der Waals surface area contributed by atoms with Crippen LogP contribution < -0.4 is 4.74 Å². The van der Waals surface area contributed by atoms with Gasteiger partial charge < -0.3 is 14.4 Å². The summed E-state index contributed by atoms with van der Waals surface area (Å²) in [6.07, 6.45) is 0.108. The Balaban J connectivity index is 3.13. The average Bonchev–Trinajstić information content (AvgIpc) is 2.44. The Kier molecular flexibility index (Phi) is 7.12. The molecule has 1 aromatic rings. The lowest BCUT2D eigenvalue weighted by atomic mass is 9.86. The van der Waals surface area contributed by atoms with Crippen LogP contribution >= 0.6 is 0 Å². The van der Waals surface area contributed by atoms with Gasteiger partial charge in [-0.05, 0) is 45.6 Å². The molecule has 0 aliphatic heterocycles. The van der Waals surface area contributed by atoms with Crippen molar-refractivity contribution in [2.45, 2.75) is 73.1 Å². The van der Waals surface area contributed by atoms with Crippen molar-refractivity contribution in [3.8, 4) is 5.75 Å². The lowest BCUT2D eigenvalue weighted by molar-refractivity contribution is 0.0281. The molecule has 0 saturated carbocycles. The Morgan fingerprint density at radius 1 is 1.08 bits per heavy atom. The van der Waals surface area contributed by atoms with Crippen LogP contribution in [0.3, 0.4) is 0 Å². The van der Waals surface area contributed by atoms with Crippen molar-refractivity contribution in [2.75, 3.05) is 7.11 Å². The molecule has 1 rings (SSSR count). The number of nitrogens with zero attached hydrogens (tertiary/aromatic N) is 1. The molecule has 0 aliphatic carbocycles. The van der Waals surface area contributed by atoms with Crippen molar-refractivity contribution in [2.24, 2.45) is 5.41 Å². The van der Waals surface area contributed by atoms with E-state index in [2.05, 4.69) is 20.8 Å². The Bertz CT molecular complexity index is 524. The number of carbonyl (C=O) groups excluding carboxylic acids is 1. The van der Waals surface area contributed by atoms with Crippen molar-refractivity contribution in [3.05, 3.63) is 29.8 Å². The molecule has 0 heterocycles. The number of methoxy groups -OCH3 is 1. The van der Waals surface area contributed by atoms with Crippen molar-refractivity contribution >= 4 is 6.09 Å². The van der Waals surface area contributed by atoms with Crippen LogP contribution in [0.1, 0.15) is 66.6 Å². The minimum atomic E-state index is -0.339. The van der Waals surface area contributed by atoms with Gasteiger partial charge in [0.2, 0.25) is 0 Å². The van der Waals surface area contributed by atoms with E-state index in [1.54, 1.807) is 12.0 Å². The molecule has 0 spiro atoms. The number of benzene rings is 1. The summed E-state index contributed by atoms with van der Waals surface area (Å²) >= 11 is 0. The van der Waals surface area contributed by atoms with E-state index in [0.717, 1.165) is 17.7 Å². The number of rotatable bonds is 6. The maximum absolute atomic E-state index is 12.8. The van der Waals surface area contributed by atoms with Crippen molar-refractivity contribution in [3.63, 3.8) is 0 Å². The summed E-state index contributed by atoms with van der Waals surface area (Å²) in [5, 5.41) is 0. The third-order valence-corrected chi connectivity index (χ3v) is 3.85. The van der Waals surface area contributed by atoms with E-state index in [-0.39, 0.29) is 29.7 Å². The fourth-order valence-corrected chi connectivity index (χ4v) is 2.90. The maximum Gasteiger partial charge on any atom is 0.410 e. The molecular weight excluding hydrogens is 302 g/mol. The molecule has 0 aliphatic rings. The second kappa shape index (κ2) is 8.41. The maximum atomic E-state index is 12.8. The van der Waals surface area contributed by atoms with E-state index in [1.165, 1.54) is 0 Å². The normalized spacial score (nSPS) is 13.1. The predicted molar refractivity (Wildman–Crippen MR) is 98.4 cm³/mol. The molecule has 4 heteroatoms. The molecule has 1 atom stereocenters. The molecule has 0 saturated heterocycles. The lowest BCUT2D eigenvalue weighted by Gasteiger charge is -2.33. The van der Waals surface area contributed by atoms with Crippen LogP contribution in [-0.4, -0.2) is 30.2 Å². The van der Waals surface area contributed by atoms with Crippen molar-refractivity contribution < 1.29 is 14.3 Å². The smallest absolute Gasteiger partial charge is 0.410 e. The van der Waals surface area contributed by atoms with Crippen LogP contribution in [0.5, 0.6) is 5.75 Å². The van der Waals surface area contributed by atoms with Gasteiger partial charge in [-0.3, -0.25) is 0 Å². The highest BCUT2D eigenvalue weighted by atomic mass is 16.6. The molecule has 0 N–H and O–H groups in total. The molecule has 136 valence electrons. The number of carbonyl (C=O) groups is 1. The average molecular weight is 335 g/mol. The largest absolute Gasteiger partial charge is 0.496 e. The summed E-state index contributed by atoms with van der Waals surface area (Å²) < 4.78 is 11.4. The third-order valence-electron chi connectivity index (χ3n) is 3.85. The van der Waals surface area contributed by atoms with Gasteiger partial charge in [0.15, 0.2) is 0 Å².